The molecule has 84 valence electrons. The molecule has 0 heterocycles. The van der Waals surface area contributed by atoms with Crippen molar-refractivity contribution < 1.29 is 13.2 Å². The van der Waals surface area contributed by atoms with Gasteiger partial charge in [0.05, 0.1) is 0 Å². The highest BCUT2D eigenvalue weighted by Gasteiger charge is 2.11. The predicted octanol–water partition coefficient (Wildman–Crippen LogP) is 3.75. The average molecular weight is 232 g/mol. The minimum atomic E-state index is -1.46. The molecular formula is C14H7F3. The van der Waals surface area contributed by atoms with Crippen molar-refractivity contribution in [3.8, 4) is 23.5 Å². The summed E-state index contributed by atoms with van der Waals surface area (Å²) in [7, 11) is 0. The third kappa shape index (κ3) is 2.16. The van der Waals surface area contributed by atoms with E-state index in [0.29, 0.717) is 11.1 Å². The zero-order chi connectivity index (χ0) is 12.4. The van der Waals surface area contributed by atoms with Gasteiger partial charge in [-0.25, -0.2) is 13.2 Å². The number of terminal acetylenes is 1. The summed E-state index contributed by atoms with van der Waals surface area (Å²) < 4.78 is 38.8. The summed E-state index contributed by atoms with van der Waals surface area (Å²) in [6.45, 7) is 0. The van der Waals surface area contributed by atoms with E-state index in [1.807, 2.05) is 0 Å². The summed E-state index contributed by atoms with van der Waals surface area (Å²) in [5.41, 5.74) is 1.50. The summed E-state index contributed by atoms with van der Waals surface area (Å²) in [6.07, 6.45) is 5.19. The van der Waals surface area contributed by atoms with Crippen LogP contribution in [-0.2, 0) is 0 Å². The molecule has 0 amide bonds. The zero-order valence-electron chi connectivity index (χ0n) is 8.68. The number of hydrogen-bond acceptors (Lipinski definition) is 0. The Morgan fingerprint density at radius 1 is 0.824 bits per heavy atom. The Kier molecular flexibility index (Phi) is 2.88. The molecule has 0 spiro atoms. The normalized spacial score (nSPS) is 10.0. The largest absolute Gasteiger partial charge is 0.204 e. The molecule has 2 aromatic carbocycles. The van der Waals surface area contributed by atoms with E-state index < -0.39 is 17.5 Å². The van der Waals surface area contributed by atoms with E-state index in [1.54, 1.807) is 24.3 Å². The van der Waals surface area contributed by atoms with E-state index >= 15 is 0 Å². The number of halogens is 3. The highest BCUT2D eigenvalue weighted by molar-refractivity contribution is 5.64. The van der Waals surface area contributed by atoms with Crippen LogP contribution in [0, 0.1) is 29.8 Å². The number of hydrogen-bond donors (Lipinski definition) is 0. The molecule has 0 aromatic heterocycles. The molecule has 0 aliphatic heterocycles. The van der Waals surface area contributed by atoms with Crippen molar-refractivity contribution in [2.75, 3.05) is 0 Å². The van der Waals surface area contributed by atoms with Gasteiger partial charge in [0.25, 0.3) is 0 Å². The van der Waals surface area contributed by atoms with Gasteiger partial charge >= 0.3 is 0 Å². The second-order valence-corrected chi connectivity index (χ2v) is 3.48. The molecule has 0 atom stereocenters. The van der Waals surface area contributed by atoms with Gasteiger partial charge in [-0.15, -0.1) is 6.42 Å². The average Bonchev–Trinajstić information content (AvgIpc) is 2.35. The molecule has 0 N–H and O–H groups in total. The number of rotatable bonds is 1. The van der Waals surface area contributed by atoms with Crippen molar-refractivity contribution in [2.45, 2.75) is 0 Å². The smallest absolute Gasteiger partial charge is 0.194 e. The van der Waals surface area contributed by atoms with E-state index in [9.17, 15) is 13.2 Å². The minimum absolute atomic E-state index is 0.268. The lowest BCUT2D eigenvalue weighted by atomic mass is 10.0. The SMILES string of the molecule is C#Cc1ccc(-c2cc(F)c(F)c(F)c2)cc1. The first-order valence-corrected chi connectivity index (χ1v) is 4.83. The monoisotopic (exact) mass is 232 g/mol. The maximum absolute atomic E-state index is 13.0. The molecule has 0 unspecified atom stereocenters. The molecule has 2 aromatic rings. The van der Waals surface area contributed by atoms with Crippen molar-refractivity contribution in [3.05, 3.63) is 59.4 Å². The van der Waals surface area contributed by atoms with Gasteiger partial charge in [-0.2, -0.15) is 0 Å². The topological polar surface area (TPSA) is 0 Å². The molecule has 0 saturated heterocycles. The zero-order valence-corrected chi connectivity index (χ0v) is 8.68. The third-order valence-electron chi connectivity index (χ3n) is 2.37. The molecule has 17 heavy (non-hydrogen) atoms. The second kappa shape index (κ2) is 4.34. The fraction of sp³-hybridized carbons (Fsp3) is 0. The van der Waals surface area contributed by atoms with Crippen molar-refractivity contribution in [1.29, 1.82) is 0 Å². The fourth-order valence-electron chi connectivity index (χ4n) is 1.48. The lowest BCUT2D eigenvalue weighted by Gasteiger charge is -2.03. The van der Waals surface area contributed by atoms with Gasteiger partial charge < -0.3 is 0 Å². The predicted molar refractivity (Wildman–Crippen MR) is 59.7 cm³/mol. The molecule has 0 saturated carbocycles. The first kappa shape index (κ1) is 11.3. The summed E-state index contributed by atoms with van der Waals surface area (Å²) in [5, 5.41) is 0. The van der Waals surface area contributed by atoms with Crippen LogP contribution in [0.4, 0.5) is 13.2 Å². The van der Waals surface area contributed by atoms with Crippen LogP contribution in [-0.4, -0.2) is 0 Å². The minimum Gasteiger partial charge on any atom is -0.204 e. The van der Waals surface area contributed by atoms with Gasteiger partial charge in [0, 0.05) is 5.56 Å². The number of benzene rings is 2. The van der Waals surface area contributed by atoms with Crippen molar-refractivity contribution in [1.82, 2.24) is 0 Å². The van der Waals surface area contributed by atoms with Crippen molar-refractivity contribution >= 4 is 0 Å². The molecule has 2 rings (SSSR count). The van der Waals surface area contributed by atoms with Crippen LogP contribution in [0.25, 0.3) is 11.1 Å². The lowest BCUT2D eigenvalue weighted by Crippen LogP contribution is -1.91. The standard InChI is InChI=1S/C14H7F3/c1-2-9-3-5-10(6-4-9)11-7-12(15)14(17)13(16)8-11/h1,3-8H. The van der Waals surface area contributed by atoms with Crippen LogP contribution in [0.5, 0.6) is 0 Å². The van der Waals surface area contributed by atoms with E-state index in [-0.39, 0.29) is 5.56 Å². The Morgan fingerprint density at radius 2 is 1.35 bits per heavy atom. The molecule has 0 fully saturated rings. The highest BCUT2D eigenvalue weighted by Crippen LogP contribution is 2.23. The highest BCUT2D eigenvalue weighted by atomic mass is 19.2. The molecule has 0 nitrogen and oxygen atoms in total. The Bertz CT molecular complexity index is 569. The Hall–Kier alpha value is -2.21. The van der Waals surface area contributed by atoms with Crippen LogP contribution >= 0.6 is 0 Å². The van der Waals surface area contributed by atoms with Gasteiger partial charge in [0.15, 0.2) is 17.5 Å². The van der Waals surface area contributed by atoms with E-state index in [2.05, 4.69) is 5.92 Å². The summed E-state index contributed by atoms with van der Waals surface area (Å²) >= 11 is 0. The molecule has 0 aliphatic carbocycles. The molecule has 0 bridgehead atoms. The summed E-state index contributed by atoms with van der Waals surface area (Å²) in [4.78, 5) is 0. The summed E-state index contributed by atoms with van der Waals surface area (Å²) in [6, 6.07) is 8.44. The Balaban J connectivity index is 2.50. The Morgan fingerprint density at radius 3 is 1.82 bits per heavy atom. The summed E-state index contributed by atoms with van der Waals surface area (Å²) in [5.74, 6) is -1.45. The van der Waals surface area contributed by atoms with Crippen molar-refractivity contribution in [2.24, 2.45) is 0 Å². The van der Waals surface area contributed by atoms with Gasteiger partial charge in [-0.3, -0.25) is 0 Å². The quantitative estimate of drug-likeness (QED) is 0.519. The maximum atomic E-state index is 13.0. The van der Waals surface area contributed by atoms with Gasteiger partial charge in [0.2, 0.25) is 0 Å². The molecular weight excluding hydrogens is 225 g/mol. The molecule has 0 radical (unpaired) electrons. The van der Waals surface area contributed by atoms with E-state index in [0.717, 1.165) is 12.1 Å². The van der Waals surface area contributed by atoms with Crippen molar-refractivity contribution in [3.63, 3.8) is 0 Å². The fourth-order valence-corrected chi connectivity index (χ4v) is 1.48. The van der Waals surface area contributed by atoms with Crippen LogP contribution < -0.4 is 0 Å². The van der Waals surface area contributed by atoms with Crippen LogP contribution in [0.2, 0.25) is 0 Å². The van der Waals surface area contributed by atoms with E-state index in [1.165, 1.54) is 0 Å². The first-order chi connectivity index (χ1) is 8.11. The van der Waals surface area contributed by atoms with Crippen LogP contribution in [0.15, 0.2) is 36.4 Å². The van der Waals surface area contributed by atoms with Gasteiger partial charge in [-0.1, -0.05) is 18.1 Å². The van der Waals surface area contributed by atoms with Crippen LogP contribution in [0.1, 0.15) is 5.56 Å². The third-order valence-corrected chi connectivity index (χ3v) is 2.37. The first-order valence-electron chi connectivity index (χ1n) is 4.83. The Labute approximate surface area is 96.7 Å². The maximum Gasteiger partial charge on any atom is 0.194 e. The van der Waals surface area contributed by atoms with Crippen LogP contribution in [0.3, 0.4) is 0 Å². The van der Waals surface area contributed by atoms with Gasteiger partial charge in [0.1, 0.15) is 0 Å². The van der Waals surface area contributed by atoms with Gasteiger partial charge in [-0.05, 0) is 35.4 Å². The lowest BCUT2D eigenvalue weighted by molar-refractivity contribution is 0.448. The molecule has 0 aliphatic rings. The second-order valence-electron chi connectivity index (χ2n) is 3.48. The van der Waals surface area contributed by atoms with E-state index in [4.69, 9.17) is 6.42 Å². The molecule has 3 heteroatoms.